The van der Waals surface area contributed by atoms with Crippen LogP contribution < -0.4 is 0 Å². The lowest BCUT2D eigenvalue weighted by Crippen LogP contribution is -2.33. The van der Waals surface area contributed by atoms with Gasteiger partial charge in [0.25, 0.3) is 0 Å². The molecule has 1 N–H and O–H groups in total. The minimum atomic E-state index is -0.749. The smallest absolute Gasteiger partial charge is 0.303 e. The lowest BCUT2D eigenvalue weighted by molar-refractivity contribution is -0.137. The Morgan fingerprint density at radius 2 is 2.00 bits per heavy atom. The van der Waals surface area contributed by atoms with Gasteiger partial charge >= 0.3 is 5.97 Å². The maximum absolute atomic E-state index is 13.6. The molecule has 0 spiro atoms. The Bertz CT molecular complexity index is 471. The third-order valence-electron chi connectivity index (χ3n) is 3.88. The molecule has 0 radical (unpaired) electrons. The first-order valence-corrected chi connectivity index (χ1v) is 6.92. The van der Waals surface area contributed by atoms with Crippen molar-refractivity contribution in [3.8, 4) is 0 Å². The highest BCUT2D eigenvalue weighted by Crippen LogP contribution is 2.23. The number of hydrogen-bond donors (Lipinski definition) is 1. The molecule has 3 nitrogen and oxygen atoms in total. The second-order valence-corrected chi connectivity index (χ2v) is 5.39. The summed E-state index contributed by atoms with van der Waals surface area (Å²) in [6.07, 6.45) is 2.82. The Morgan fingerprint density at radius 3 is 2.60 bits per heavy atom. The fraction of sp³-hybridized carbons (Fsp3) is 0.533. The summed E-state index contributed by atoms with van der Waals surface area (Å²) < 4.78 is 26.4. The molecule has 2 rings (SSSR count). The van der Waals surface area contributed by atoms with Gasteiger partial charge in [0.1, 0.15) is 11.6 Å². The van der Waals surface area contributed by atoms with Crippen molar-refractivity contribution < 1.29 is 18.7 Å². The van der Waals surface area contributed by atoms with E-state index in [0.29, 0.717) is 24.4 Å². The normalized spacial score (nSPS) is 17.3. The van der Waals surface area contributed by atoms with Gasteiger partial charge < -0.3 is 5.11 Å². The summed E-state index contributed by atoms with van der Waals surface area (Å²) in [6, 6.07) is 3.67. The summed E-state index contributed by atoms with van der Waals surface area (Å²) in [5.74, 6) is -1.36. The summed E-state index contributed by atoms with van der Waals surface area (Å²) in [4.78, 5) is 12.7. The molecule has 1 aliphatic heterocycles. The van der Waals surface area contributed by atoms with Crippen molar-refractivity contribution in [3.05, 3.63) is 35.4 Å². The number of piperidine rings is 1. The largest absolute Gasteiger partial charge is 0.481 e. The molecule has 0 aromatic heterocycles. The van der Waals surface area contributed by atoms with E-state index < -0.39 is 17.6 Å². The predicted molar refractivity (Wildman–Crippen MR) is 71.2 cm³/mol. The summed E-state index contributed by atoms with van der Waals surface area (Å²) in [5, 5.41) is 8.66. The predicted octanol–water partition coefficient (Wildman–Crippen LogP) is 3.04. The third kappa shape index (κ3) is 4.27. The van der Waals surface area contributed by atoms with Crippen LogP contribution in [-0.4, -0.2) is 29.1 Å². The Labute approximate surface area is 117 Å². The number of nitrogens with zero attached hydrogens (tertiary/aromatic N) is 1. The number of carboxylic acid groups (broad SMARTS) is 1. The zero-order valence-electron chi connectivity index (χ0n) is 11.3. The zero-order chi connectivity index (χ0) is 14.5. The molecule has 1 aromatic carbocycles. The van der Waals surface area contributed by atoms with Crippen molar-refractivity contribution in [2.24, 2.45) is 5.92 Å². The van der Waals surface area contributed by atoms with Gasteiger partial charge in [0.05, 0.1) is 0 Å². The lowest BCUT2D eigenvalue weighted by atomic mass is 9.92. The van der Waals surface area contributed by atoms with Crippen LogP contribution in [0.2, 0.25) is 0 Å². The van der Waals surface area contributed by atoms with Crippen LogP contribution in [0.4, 0.5) is 8.78 Å². The minimum Gasteiger partial charge on any atom is -0.481 e. The molecular weight excluding hydrogens is 264 g/mol. The van der Waals surface area contributed by atoms with Crippen LogP contribution in [0.15, 0.2) is 18.2 Å². The summed E-state index contributed by atoms with van der Waals surface area (Å²) in [6.45, 7) is 2.15. The molecular formula is C15H19F2NO2. The number of aliphatic carboxylic acids is 1. The van der Waals surface area contributed by atoms with Crippen molar-refractivity contribution in [1.29, 1.82) is 0 Å². The first-order valence-electron chi connectivity index (χ1n) is 6.92. The molecule has 1 heterocycles. The van der Waals surface area contributed by atoms with E-state index in [2.05, 4.69) is 4.90 Å². The van der Waals surface area contributed by atoms with Crippen LogP contribution in [0, 0.1) is 17.6 Å². The summed E-state index contributed by atoms with van der Waals surface area (Å²) in [7, 11) is 0. The van der Waals surface area contributed by atoms with Gasteiger partial charge in [0.2, 0.25) is 0 Å². The maximum Gasteiger partial charge on any atom is 0.303 e. The van der Waals surface area contributed by atoms with Crippen molar-refractivity contribution in [1.82, 2.24) is 4.90 Å². The molecule has 0 atom stereocenters. The van der Waals surface area contributed by atoms with E-state index in [9.17, 15) is 13.6 Å². The maximum atomic E-state index is 13.6. The quantitative estimate of drug-likeness (QED) is 0.903. The number of carbonyl (C=O) groups is 1. The highest BCUT2D eigenvalue weighted by atomic mass is 19.1. The number of hydrogen-bond acceptors (Lipinski definition) is 2. The third-order valence-corrected chi connectivity index (χ3v) is 3.88. The molecule has 110 valence electrons. The SMILES string of the molecule is O=C(O)CCC1CCN(Cc2ccc(F)cc2F)CC1. The molecule has 0 saturated carbocycles. The van der Waals surface area contributed by atoms with Gasteiger partial charge in [0, 0.05) is 24.6 Å². The molecule has 1 aromatic rings. The monoisotopic (exact) mass is 283 g/mol. The molecule has 0 unspecified atom stereocenters. The van der Waals surface area contributed by atoms with Crippen LogP contribution >= 0.6 is 0 Å². The number of halogens is 2. The Morgan fingerprint density at radius 1 is 1.30 bits per heavy atom. The second-order valence-electron chi connectivity index (χ2n) is 5.39. The van der Waals surface area contributed by atoms with Crippen molar-refractivity contribution in [2.45, 2.75) is 32.2 Å². The Balaban J connectivity index is 1.80. The van der Waals surface area contributed by atoms with E-state index in [0.717, 1.165) is 32.0 Å². The number of benzene rings is 1. The van der Waals surface area contributed by atoms with Crippen LogP contribution in [0.3, 0.4) is 0 Å². The molecule has 0 bridgehead atoms. The topological polar surface area (TPSA) is 40.5 Å². The fourth-order valence-corrected chi connectivity index (χ4v) is 2.65. The summed E-state index contributed by atoms with van der Waals surface area (Å²) >= 11 is 0. The van der Waals surface area contributed by atoms with Crippen LogP contribution in [0.5, 0.6) is 0 Å². The van der Waals surface area contributed by atoms with Gasteiger partial charge in [0.15, 0.2) is 0 Å². The molecule has 0 aliphatic carbocycles. The standard InChI is InChI=1S/C15H19F2NO2/c16-13-3-2-12(14(17)9-13)10-18-7-5-11(6-8-18)1-4-15(19)20/h2-3,9,11H,1,4-8,10H2,(H,19,20). The highest BCUT2D eigenvalue weighted by Gasteiger charge is 2.20. The van der Waals surface area contributed by atoms with E-state index in [4.69, 9.17) is 5.11 Å². The minimum absolute atomic E-state index is 0.220. The van der Waals surface area contributed by atoms with Crippen molar-refractivity contribution >= 4 is 5.97 Å². The van der Waals surface area contributed by atoms with Gasteiger partial charge in [-0.3, -0.25) is 9.69 Å². The van der Waals surface area contributed by atoms with Crippen LogP contribution in [0.25, 0.3) is 0 Å². The lowest BCUT2D eigenvalue weighted by Gasteiger charge is -2.31. The summed E-state index contributed by atoms with van der Waals surface area (Å²) in [5.41, 5.74) is 0.510. The highest BCUT2D eigenvalue weighted by molar-refractivity contribution is 5.66. The number of carboxylic acids is 1. The average molecular weight is 283 g/mol. The van der Waals surface area contributed by atoms with Gasteiger partial charge in [-0.15, -0.1) is 0 Å². The van der Waals surface area contributed by atoms with E-state index in [1.807, 2.05) is 0 Å². The second kappa shape index (κ2) is 6.79. The Kier molecular flexibility index (Phi) is 5.06. The molecule has 1 fully saturated rings. The van der Waals surface area contributed by atoms with Gasteiger partial charge in [-0.1, -0.05) is 6.07 Å². The van der Waals surface area contributed by atoms with Crippen LogP contribution in [0.1, 0.15) is 31.2 Å². The molecule has 0 amide bonds. The van der Waals surface area contributed by atoms with E-state index >= 15 is 0 Å². The first-order chi connectivity index (χ1) is 9.54. The number of rotatable bonds is 5. The molecule has 1 aliphatic rings. The Hall–Kier alpha value is -1.49. The van der Waals surface area contributed by atoms with Crippen molar-refractivity contribution in [3.63, 3.8) is 0 Å². The average Bonchev–Trinajstić information content (AvgIpc) is 2.41. The van der Waals surface area contributed by atoms with Crippen molar-refractivity contribution in [2.75, 3.05) is 13.1 Å². The van der Waals surface area contributed by atoms with Gasteiger partial charge in [-0.2, -0.15) is 0 Å². The van der Waals surface area contributed by atoms with E-state index in [1.54, 1.807) is 0 Å². The molecule has 5 heteroatoms. The van der Waals surface area contributed by atoms with E-state index in [-0.39, 0.29) is 6.42 Å². The number of likely N-dealkylation sites (tertiary alicyclic amines) is 1. The molecule has 20 heavy (non-hydrogen) atoms. The molecule has 1 saturated heterocycles. The fourth-order valence-electron chi connectivity index (χ4n) is 2.65. The van der Waals surface area contributed by atoms with E-state index in [1.165, 1.54) is 12.1 Å². The van der Waals surface area contributed by atoms with Gasteiger partial charge in [-0.25, -0.2) is 8.78 Å². The van der Waals surface area contributed by atoms with Crippen LogP contribution in [-0.2, 0) is 11.3 Å². The van der Waals surface area contributed by atoms with Gasteiger partial charge in [-0.05, 0) is 44.3 Å². The zero-order valence-corrected chi connectivity index (χ0v) is 11.3. The first kappa shape index (κ1) is 14.9.